The van der Waals surface area contributed by atoms with Gasteiger partial charge < -0.3 is 4.74 Å². The Balaban J connectivity index is 1.70. The summed E-state index contributed by atoms with van der Waals surface area (Å²) in [5.74, 6) is 0.0399. The first-order chi connectivity index (χ1) is 8.86. The highest BCUT2D eigenvalue weighted by molar-refractivity contribution is 7.12. The van der Waals surface area contributed by atoms with Crippen molar-refractivity contribution in [3.8, 4) is 0 Å². The summed E-state index contributed by atoms with van der Waals surface area (Å²) in [6.45, 7) is 0.589. The largest absolute Gasteiger partial charge is 0.369 e. The molecule has 18 heavy (non-hydrogen) atoms. The van der Waals surface area contributed by atoms with E-state index in [0.29, 0.717) is 6.61 Å². The number of Topliss-reactive ketones (excluding diaryl/α,β-unsaturated/α-hetero) is 1. The summed E-state index contributed by atoms with van der Waals surface area (Å²) in [4.78, 5) is 12.4. The van der Waals surface area contributed by atoms with Crippen molar-refractivity contribution in [2.75, 3.05) is 13.2 Å². The maximum Gasteiger partial charge on any atom is 0.198 e. The van der Waals surface area contributed by atoms with Crippen LogP contribution >= 0.6 is 11.3 Å². The van der Waals surface area contributed by atoms with Gasteiger partial charge in [0.2, 0.25) is 0 Å². The van der Waals surface area contributed by atoms with Crippen molar-refractivity contribution in [3.05, 3.63) is 64.4 Å². The molecule has 2 rings (SSSR count). The van der Waals surface area contributed by atoms with E-state index in [2.05, 4.69) is 0 Å². The minimum atomic E-state index is 0.0399. The summed E-state index contributed by atoms with van der Waals surface area (Å²) in [5.41, 5.74) is 1.13. The highest BCUT2D eigenvalue weighted by atomic mass is 32.1. The first-order valence-corrected chi connectivity index (χ1v) is 6.60. The molecule has 1 aromatic carbocycles. The Morgan fingerprint density at radius 3 is 2.72 bits per heavy atom. The van der Waals surface area contributed by atoms with Gasteiger partial charge in [0.05, 0.1) is 11.5 Å². The number of ketones is 1. The van der Waals surface area contributed by atoms with Gasteiger partial charge >= 0.3 is 0 Å². The van der Waals surface area contributed by atoms with Crippen LogP contribution in [0.15, 0.2) is 53.9 Å². The topological polar surface area (TPSA) is 26.3 Å². The van der Waals surface area contributed by atoms with Gasteiger partial charge in [0.15, 0.2) is 5.78 Å². The molecule has 0 spiro atoms. The molecule has 2 nitrogen and oxygen atoms in total. The molecular formula is C15H14O2S. The Hall–Kier alpha value is -1.71. The smallest absolute Gasteiger partial charge is 0.198 e. The normalized spacial score (nSPS) is 10.9. The second-order valence-electron chi connectivity index (χ2n) is 3.73. The fraction of sp³-hybridized carbons (Fsp3) is 0.133. The van der Waals surface area contributed by atoms with E-state index in [9.17, 15) is 4.79 Å². The monoisotopic (exact) mass is 258 g/mol. The third-order valence-electron chi connectivity index (χ3n) is 2.35. The molecule has 0 N–H and O–H groups in total. The second kappa shape index (κ2) is 6.89. The van der Waals surface area contributed by atoms with Crippen LogP contribution in [0.25, 0.3) is 6.08 Å². The van der Waals surface area contributed by atoms with Crippen LogP contribution in [0.3, 0.4) is 0 Å². The van der Waals surface area contributed by atoms with Crippen molar-refractivity contribution >= 4 is 23.2 Å². The van der Waals surface area contributed by atoms with E-state index >= 15 is 0 Å². The molecule has 1 heterocycles. The molecule has 0 fully saturated rings. The molecule has 1 aromatic heterocycles. The maximum absolute atomic E-state index is 11.6. The Labute approximate surface area is 111 Å². The van der Waals surface area contributed by atoms with Gasteiger partial charge in [0.25, 0.3) is 0 Å². The molecule has 0 amide bonds. The van der Waals surface area contributed by atoms with Gasteiger partial charge in [-0.3, -0.25) is 4.79 Å². The quantitative estimate of drug-likeness (QED) is 0.584. The Morgan fingerprint density at radius 2 is 2.00 bits per heavy atom. The van der Waals surface area contributed by atoms with Crippen LogP contribution in [0.1, 0.15) is 15.2 Å². The van der Waals surface area contributed by atoms with E-state index in [1.165, 1.54) is 11.3 Å². The van der Waals surface area contributed by atoms with E-state index in [-0.39, 0.29) is 12.4 Å². The Morgan fingerprint density at radius 1 is 1.17 bits per heavy atom. The molecule has 2 aromatic rings. The first kappa shape index (κ1) is 12.7. The van der Waals surface area contributed by atoms with Gasteiger partial charge in [-0.2, -0.15) is 0 Å². The molecule has 0 saturated heterocycles. The summed E-state index contributed by atoms with van der Waals surface area (Å²) in [6.07, 6.45) is 3.90. The fourth-order valence-corrected chi connectivity index (χ4v) is 2.13. The lowest BCUT2D eigenvalue weighted by Gasteiger charge is -1.98. The van der Waals surface area contributed by atoms with Crippen molar-refractivity contribution in [1.82, 2.24) is 0 Å². The molecule has 0 bridgehead atoms. The molecule has 0 radical (unpaired) electrons. The van der Waals surface area contributed by atoms with E-state index in [1.54, 1.807) is 0 Å². The van der Waals surface area contributed by atoms with E-state index < -0.39 is 0 Å². The zero-order chi connectivity index (χ0) is 12.6. The molecule has 0 aliphatic rings. The van der Waals surface area contributed by atoms with Gasteiger partial charge in [-0.1, -0.05) is 48.6 Å². The fourth-order valence-electron chi connectivity index (χ4n) is 1.48. The SMILES string of the molecule is O=C(COCC=Cc1ccccc1)c1cccs1. The lowest BCUT2D eigenvalue weighted by molar-refractivity contribution is 0.0811. The van der Waals surface area contributed by atoms with Gasteiger partial charge in [-0.15, -0.1) is 11.3 Å². The van der Waals surface area contributed by atoms with Gasteiger partial charge in [0, 0.05) is 0 Å². The van der Waals surface area contributed by atoms with E-state index in [1.807, 2.05) is 60.0 Å². The molecule has 0 atom stereocenters. The van der Waals surface area contributed by atoms with Gasteiger partial charge in [-0.05, 0) is 17.0 Å². The standard InChI is InChI=1S/C15H14O2S/c16-14(15-9-5-11-18-15)12-17-10-4-8-13-6-2-1-3-7-13/h1-9,11H,10,12H2. The predicted molar refractivity (Wildman–Crippen MR) is 74.9 cm³/mol. The zero-order valence-corrected chi connectivity index (χ0v) is 10.7. The molecule has 0 unspecified atom stereocenters. The van der Waals surface area contributed by atoms with Crippen molar-refractivity contribution in [1.29, 1.82) is 0 Å². The van der Waals surface area contributed by atoms with Gasteiger partial charge in [-0.25, -0.2) is 0 Å². The average molecular weight is 258 g/mol. The molecule has 3 heteroatoms. The molecule has 0 aliphatic heterocycles. The van der Waals surface area contributed by atoms with Crippen molar-refractivity contribution in [2.24, 2.45) is 0 Å². The number of ether oxygens (including phenoxy) is 1. The maximum atomic E-state index is 11.6. The number of thiophene rings is 1. The molecule has 0 saturated carbocycles. The Kier molecular flexibility index (Phi) is 4.88. The van der Waals surface area contributed by atoms with Gasteiger partial charge in [0.1, 0.15) is 6.61 Å². The minimum Gasteiger partial charge on any atom is -0.369 e. The highest BCUT2D eigenvalue weighted by Gasteiger charge is 2.05. The number of carbonyl (C=O) groups excluding carboxylic acids is 1. The van der Waals surface area contributed by atoms with Crippen molar-refractivity contribution in [2.45, 2.75) is 0 Å². The third-order valence-corrected chi connectivity index (χ3v) is 3.26. The van der Waals surface area contributed by atoms with Crippen LogP contribution in [0.4, 0.5) is 0 Å². The van der Waals surface area contributed by atoms with E-state index in [0.717, 1.165) is 10.4 Å². The Bertz CT molecular complexity index is 501. The van der Waals surface area contributed by atoms with Crippen molar-refractivity contribution in [3.63, 3.8) is 0 Å². The number of carbonyl (C=O) groups is 1. The average Bonchev–Trinajstić information content (AvgIpc) is 2.93. The number of hydrogen-bond acceptors (Lipinski definition) is 3. The van der Waals surface area contributed by atoms with E-state index in [4.69, 9.17) is 4.74 Å². The van der Waals surface area contributed by atoms with Crippen LogP contribution in [0.2, 0.25) is 0 Å². The van der Waals surface area contributed by atoms with Crippen LogP contribution in [-0.2, 0) is 4.74 Å². The first-order valence-electron chi connectivity index (χ1n) is 5.72. The second-order valence-corrected chi connectivity index (χ2v) is 4.68. The van der Waals surface area contributed by atoms with Crippen LogP contribution in [-0.4, -0.2) is 19.0 Å². The summed E-state index contributed by atoms with van der Waals surface area (Å²) < 4.78 is 5.31. The minimum absolute atomic E-state index is 0.0399. The third kappa shape index (κ3) is 3.95. The summed E-state index contributed by atoms with van der Waals surface area (Å²) in [6, 6.07) is 13.7. The molecule has 0 aliphatic carbocycles. The molecular weight excluding hydrogens is 244 g/mol. The predicted octanol–water partition coefficient (Wildman–Crippen LogP) is 3.66. The molecule has 92 valence electrons. The number of rotatable bonds is 6. The highest BCUT2D eigenvalue weighted by Crippen LogP contribution is 2.09. The van der Waals surface area contributed by atoms with Crippen LogP contribution in [0.5, 0.6) is 0 Å². The van der Waals surface area contributed by atoms with Crippen LogP contribution < -0.4 is 0 Å². The zero-order valence-electron chi connectivity index (χ0n) is 9.91. The summed E-state index contributed by atoms with van der Waals surface area (Å²) >= 11 is 1.44. The lowest BCUT2D eigenvalue weighted by Crippen LogP contribution is -2.07. The van der Waals surface area contributed by atoms with Crippen LogP contribution in [0, 0.1) is 0 Å². The summed E-state index contributed by atoms with van der Waals surface area (Å²) in [5, 5.41) is 1.89. The number of benzene rings is 1. The number of hydrogen-bond donors (Lipinski definition) is 0. The summed E-state index contributed by atoms with van der Waals surface area (Å²) in [7, 11) is 0. The lowest BCUT2D eigenvalue weighted by atomic mass is 10.2. The van der Waals surface area contributed by atoms with Crippen molar-refractivity contribution < 1.29 is 9.53 Å².